The van der Waals surface area contributed by atoms with Crippen molar-refractivity contribution >= 4 is 6.09 Å². The van der Waals surface area contributed by atoms with E-state index >= 15 is 0 Å². The summed E-state index contributed by atoms with van der Waals surface area (Å²) in [6.45, 7) is 7.56. The summed E-state index contributed by atoms with van der Waals surface area (Å²) in [5.74, 6) is -0.0559. The molecule has 1 aliphatic rings. The van der Waals surface area contributed by atoms with Gasteiger partial charge < -0.3 is 19.8 Å². The first-order valence-corrected chi connectivity index (χ1v) is 6.03. The lowest BCUT2D eigenvalue weighted by Gasteiger charge is -2.30. The molecular formula is C12H23NO4. The highest BCUT2D eigenvalue weighted by atomic mass is 16.6. The van der Waals surface area contributed by atoms with Crippen LogP contribution in [0.4, 0.5) is 4.79 Å². The molecule has 1 heterocycles. The van der Waals surface area contributed by atoms with Gasteiger partial charge in [-0.05, 0) is 33.1 Å². The maximum absolute atomic E-state index is 11.9. The number of carbonyl (C=O) groups excluding carboxylic acids is 1. The molecule has 1 aliphatic heterocycles. The van der Waals surface area contributed by atoms with Crippen molar-refractivity contribution in [2.24, 2.45) is 5.92 Å². The van der Waals surface area contributed by atoms with E-state index in [1.54, 1.807) is 0 Å². The Morgan fingerprint density at radius 2 is 2.12 bits per heavy atom. The molecule has 0 bridgehead atoms. The number of β-amino-alcohol motifs (C(OH)–C–C–N with tert-alkyl or cyclic N) is 1. The van der Waals surface area contributed by atoms with E-state index < -0.39 is 17.8 Å². The third-order valence-corrected chi connectivity index (χ3v) is 2.89. The summed E-state index contributed by atoms with van der Waals surface area (Å²) in [6.07, 6.45) is -0.443. The predicted molar refractivity (Wildman–Crippen MR) is 63.6 cm³/mol. The van der Waals surface area contributed by atoms with Crippen molar-refractivity contribution in [1.29, 1.82) is 0 Å². The topological polar surface area (TPSA) is 70.0 Å². The van der Waals surface area contributed by atoms with Crippen LogP contribution in [0.25, 0.3) is 0 Å². The number of nitrogens with zero attached hydrogens (tertiary/aromatic N) is 1. The highest BCUT2D eigenvalue weighted by molar-refractivity contribution is 5.69. The van der Waals surface area contributed by atoms with E-state index in [2.05, 4.69) is 0 Å². The van der Waals surface area contributed by atoms with E-state index in [1.165, 1.54) is 4.90 Å². The monoisotopic (exact) mass is 245 g/mol. The molecule has 1 amide bonds. The SMILES string of the molecule is CC(CO)[C@@H]1C[C@@H](O)CN1C(=O)OC(C)(C)C. The molecule has 1 fully saturated rings. The Labute approximate surface area is 102 Å². The Morgan fingerprint density at radius 3 is 2.59 bits per heavy atom. The third kappa shape index (κ3) is 3.85. The van der Waals surface area contributed by atoms with E-state index in [0.717, 1.165) is 0 Å². The molecule has 3 atom stereocenters. The number of amides is 1. The van der Waals surface area contributed by atoms with Crippen LogP contribution in [0.3, 0.4) is 0 Å². The first-order chi connectivity index (χ1) is 7.74. The molecule has 0 aliphatic carbocycles. The molecule has 1 unspecified atom stereocenters. The molecule has 0 saturated carbocycles. The molecule has 5 nitrogen and oxygen atoms in total. The lowest BCUT2D eigenvalue weighted by Crippen LogP contribution is -2.43. The van der Waals surface area contributed by atoms with Crippen molar-refractivity contribution in [3.05, 3.63) is 0 Å². The molecule has 100 valence electrons. The van der Waals surface area contributed by atoms with E-state index in [-0.39, 0.29) is 25.1 Å². The number of likely N-dealkylation sites (tertiary alicyclic amines) is 1. The van der Waals surface area contributed by atoms with Crippen LogP contribution in [-0.4, -0.2) is 52.1 Å². The molecule has 0 aromatic rings. The molecule has 0 aromatic heterocycles. The van der Waals surface area contributed by atoms with E-state index in [1.807, 2.05) is 27.7 Å². The summed E-state index contributed by atoms with van der Waals surface area (Å²) in [5.41, 5.74) is -0.544. The van der Waals surface area contributed by atoms with Crippen molar-refractivity contribution in [3.8, 4) is 0 Å². The summed E-state index contributed by atoms with van der Waals surface area (Å²) >= 11 is 0. The summed E-state index contributed by atoms with van der Waals surface area (Å²) in [4.78, 5) is 13.5. The Morgan fingerprint density at radius 1 is 1.53 bits per heavy atom. The number of rotatable bonds is 2. The maximum Gasteiger partial charge on any atom is 0.410 e. The number of aliphatic hydroxyl groups excluding tert-OH is 2. The summed E-state index contributed by atoms with van der Waals surface area (Å²) in [5, 5.41) is 18.8. The third-order valence-electron chi connectivity index (χ3n) is 2.89. The minimum Gasteiger partial charge on any atom is -0.444 e. The van der Waals surface area contributed by atoms with Gasteiger partial charge in [0, 0.05) is 12.6 Å². The standard InChI is InChI=1S/C12H23NO4/c1-8(7-14)10-5-9(15)6-13(10)11(16)17-12(2,3)4/h8-10,14-15H,5-7H2,1-4H3/t8?,9-,10+/m1/s1. The second kappa shape index (κ2) is 5.23. The van der Waals surface area contributed by atoms with E-state index in [9.17, 15) is 9.90 Å². The van der Waals surface area contributed by atoms with Gasteiger partial charge in [-0.25, -0.2) is 4.79 Å². The largest absolute Gasteiger partial charge is 0.444 e. The molecule has 17 heavy (non-hydrogen) atoms. The van der Waals surface area contributed by atoms with Crippen LogP contribution >= 0.6 is 0 Å². The molecule has 1 rings (SSSR count). The van der Waals surface area contributed by atoms with Crippen molar-refractivity contribution in [2.45, 2.75) is 51.9 Å². The highest BCUT2D eigenvalue weighted by Gasteiger charge is 2.39. The van der Waals surface area contributed by atoms with Crippen LogP contribution in [0.5, 0.6) is 0 Å². The van der Waals surface area contributed by atoms with Gasteiger partial charge in [-0.2, -0.15) is 0 Å². The quantitative estimate of drug-likeness (QED) is 0.761. The second-order valence-corrected chi connectivity index (χ2v) is 5.75. The first-order valence-electron chi connectivity index (χ1n) is 6.03. The van der Waals surface area contributed by atoms with Crippen molar-refractivity contribution in [1.82, 2.24) is 4.90 Å². The second-order valence-electron chi connectivity index (χ2n) is 5.75. The Balaban J connectivity index is 2.70. The van der Waals surface area contributed by atoms with Crippen LogP contribution < -0.4 is 0 Å². The fraction of sp³-hybridized carbons (Fsp3) is 0.917. The maximum atomic E-state index is 11.9. The normalized spacial score (nSPS) is 27.1. The lowest BCUT2D eigenvalue weighted by molar-refractivity contribution is 0.0144. The molecule has 0 aromatic carbocycles. The molecule has 0 radical (unpaired) electrons. The minimum atomic E-state index is -0.544. The van der Waals surface area contributed by atoms with Crippen molar-refractivity contribution < 1.29 is 19.7 Å². The number of hydrogen-bond donors (Lipinski definition) is 2. The van der Waals surface area contributed by atoms with Gasteiger partial charge in [-0.1, -0.05) is 6.92 Å². The zero-order valence-electron chi connectivity index (χ0n) is 11.0. The van der Waals surface area contributed by atoms with Gasteiger partial charge in [0.1, 0.15) is 5.60 Å². The lowest BCUT2D eigenvalue weighted by atomic mass is 10.0. The van der Waals surface area contributed by atoms with Crippen LogP contribution in [0, 0.1) is 5.92 Å². The number of aliphatic hydroxyl groups is 2. The fourth-order valence-corrected chi connectivity index (χ4v) is 2.03. The van der Waals surface area contributed by atoms with Gasteiger partial charge in [0.25, 0.3) is 0 Å². The molecular weight excluding hydrogens is 222 g/mol. The zero-order chi connectivity index (χ0) is 13.2. The summed E-state index contributed by atoms with van der Waals surface area (Å²) in [6, 6.07) is -0.148. The Hall–Kier alpha value is -0.810. The number of ether oxygens (including phenoxy) is 1. The van der Waals surface area contributed by atoms with E-state index in [0.29, 0.717) is 6.42 Å². The van der Waals surface area contributed by atoms with Gasteiger partial charge in [0.05, 0.1) is 12.6 Å². The smallest absolute Gasteiger partial charge is 0.410 e. The van der Waals surface area contributed by atoms with Crippen LogP contribution in [-0.2, 0) is 4.74 Å². The summed E-state index contributed by atoms with van der Waals surface area (Å²) < 4.78 is 5.29. The predicted octanol–water partition coefficient (Wildman–Crippen LogP) is 0.985. The van der Waals surface area contributed by atoms with Gasteiger partial charge in [0.2, 0.25) is 0 Å². The van der Waals surface area contributed by atoms with E-state index in [4.69, 9.17) is 9.84 Å². The summed E-state index contributed by atoms with van der Waals surface area (Å²) in [7, 11) is 0. The van der Waals surface area contributed by atoms with Gasteiger partial charge >= 0.3 is 6.09 Å². The fourth-order valence-electron chi connectivity index (χ4n) is 2.03. The minimum absolute atomic E-state index is 0.00329. The van der Waals surface area contributed by atoms with Crippen LogP contribution in [0.15, 0.2) is 0 Å². The molecule has 5 heteroatoms. The number of hydrogen-bond acceptors (Lipinski definition) is 4. The van der Waals surface area contributed by atoms with Crippen molar-refractivity contribution in [2.75, 3.05) is 13.2 Å². The highest BCUT2D eigenvalue weighted by Crippen LogP contribution is 2.26. The average Bonchev–Trinajstić information content (AvgIpc) is 2.56. The average molecular weight is 245 g/mol. The van der Waals surface area contributed by atoms with Crippen LogP contribution in [0.2, 0.25) is 0 Å². The molecule has 1 saturated heterocycles. The van der Waals surface area contributed by atoms with Crippen molar-refractivity contribution in [3.63, 3.8) is 0 Å². The first kappa shape index (κ1) is 14.3. The van der Waals surface area contributed by atoms with Crippen LogP contribution in [0.1, 0.15) is 34.1 Å². The molecule has 2 N–H and O–H groups in total. The Kier molecular flexibility index (Phi) is 4.38. The number of carbonyl (C=O) groups is 1. The Bertz CT molecular complexity index is 274. The van der Waals surface area contributed by atoms with Gasteiger partial charge in [-0.15, -0.1) is 0 Å². The van der Waals surface area contributed by atoms with Gasteiger partial charge in [-0.3, -0.25) is 0 Å². The zero-order valence-corrected chi connectivity index (χ0v) is 11.0. The molecule has 0 spiro atoms. The van der Waals surface area contributed by atoms with Gasteiger partial charge in [0.15, 0.2) is 0 Å².